The first-order chi connectivity index (χ1) is 9.59. The summed E-state index contributed by atoms with van der Waals surface area (Å²) >= 11 is 0. The van der Waals surface area contributed by atoms with Gasteiger partial charge >= 0.3 is 0 Å². The van der Waals surface area contributed by atoms with Crippen molar-refractivity contribution in [1.29, 1.82) is 0 Å². The van der Waals surface area contributed by atoms with Crippen LogP contribution in [0.3, 0.4) is 0 Å². The Morgan fingerprint density at radius 3 is 2.35 bits per heavy atom. The van der Waals surface area contributed by atoms with Crippen LogP contribution in [0.15, 0.2) is 47.5 Å². The summed E-state index contributed by atoms with van der Waals surface area (Å²) in [5.41, 5.74) is 3.85. The molecule has 0 spiro atoms. The molecular formula is C19H17N. The zero-order valence-corrected chi connectivity index (χ0v) is 12.1. The summed E-state index contributed by atoms with van der Waals surface area (Å²) < 4.78 is 0. The molecule has 1 nitrogen and oxygen atoms in total. The first-order valence-corrected chi connectivity index (χ1v) is 7.09. The van der Waals surface area contributed by atoms with Gasteiger partial charge in [-0.05, 0) is 34.2 Å². The molecule has 1 aliphatic rings. The average molecular weight is 259 g/mol. The van der Waals surface area contributed by atoms with E-state index >= 15 is 0 Å². The molecule has 0 atom stereocenters. The van der Waals surface area contributed by atoms with Gasteiger partial charge in [0.2, 0.25) is 0 Å². The van der Waals surface area contributed by atoms with Gasteiger partial charge in [0, 0.05) is 17.0 Å². The molecule has 0 aliphatic carbocycles. The van der Waals surface area contributed by atoms with E-state index in [0.717, 1.165) is 0 Å². The zero-order chi connectivity index (χ0) is 13.9. The number of rotatable bonds is 0. The van der Waals surface area contributed by atoms with E-state index in [2.05, 4.69) is 69.5 Å². The normalized spacial score (nSPS) is 15.9. The van der Waals surface area contributed by atoms with E-state index in [4.69, 9.17) is 4.99 Å². The van der Waals surface area contributed by atoms with E-state index < -0.39 is 0 Å². The standard InChI is InChI=1S/C19H17N/c1-12-7-6-10-14-13-8-4-5-9-15(13)17-18(16(12)14)20-11-19(17,2)3/h4-11H,1-3H3. The Kier molecular flexibility index (Phi) is 2.15. The van der Waals surface area contributed by atoms with Crippen molar-refractivity contribution < 1.29 is 0 Å². The first-order valence-electron chi connectivity index (χ1n) is 7.09. The van der Waals surface area contributed by atoms with Crippen LogP contribution in [0.1, 0.15) is 25.0 Å². The van der Waals surface area contributed by atoms with Crippen molar-refractivity contribution in [1.82, 2.24) is 0 Å². The Morgan fingerprint density at radius 1 is 0.850 bits per heavy atom. The maximum Gasteiger partial charge on any atom is 0.0754 e. The van der Waals surface area contributed by atoms with Crippen molar-refractivity contribution in [2.45, 2.75) is 26.2 Å². The Hall–Kier alpha value is -2.15. The third kappa shape index (κ3) is 1.35. The topological polar surface area (TPSA) is 12.4 Å². The molecule has 1 aliphatic heterocycles. The van der Waals surface area contributed by atoms with E-state index in [0.29, 0.717) is 0 Å². The molecule has 20 heavy (non-hydrogen) atoms. The molecule has 0 saturated carbocycles. The molecule has 3 aromatic rings. The molecule has 1 heteroatoms. The van der Waals surface area contributed by atoms with Gasteiger partial charge in [-0.25, -0.2) is 0 Å². The molecule has 0 amide bonds. The Labute approximate surface area is 119 Å². The van der Waals surface area contributed by atoms with Crippen LogP contribution in [0.4, 0.5) is 5.69 Å². The van der Waals surface area contributed by atoms with Gasteiger partial charge in [0.05, 0.1) is 5.69 Å². The lowest BCUT2D eigenvalue weighted by Crippen LogP contribution is -2.15. The lowest BCUT2D eigenvalue weighted by atomic mass is 9.81. The largest absolute Gasteiger partial charge is 0.259 e. The highest BCUT2D eigenvalue weighted by molar-refractivity contribution is 6.18. The van der Waals surface area contributed by atoms with E-state index in [1.807, 2.05) is 0 Å². The summed E-state index contributed by atoms with van der Waals surface area (Å²) in [6.45, 7) is 6.68. The predicted octanol–water partition coefficient (Wildman–Crippen LogP) is 5.29. The molecule has 0 unspecified atom stereocenters. The Morgan fingerprint density at radius 2 is 1.55 bits per heavy atom. The summed E-state index contributed by atoms with van der Waals surface area (Å²) in [6, 6.07) is 15.2. The van der Waals surface area contributed by atoms with Crippen molar-refractivity contribution in [2.24, 2.45) is 4.99 Å². The molecule has 0 fully saturated rings. The van der Waals surface area contributed by atoms with Crippen LogP contribution in [0.25, 0.3) is 21.5 Å². The number of benzene rings is 3. The van der Waals surface area contributed by atoms with Gasteiger partial charge in [-0.2, -0.15) is 0 Å². The molecule has 1 heterocycles. The van der Waals surface area contributed by atoms with Crippen molar-refractivity contribution >= 4 is 33.4 Å². The summed E-state index contributed by atoms with van der Waals surface area (Å²) in [7, 11) is 0. The minimum absolute atomic E-state index is 0.00537. The van der Waals surface area contributed by atoms with E-state index in [1.54, 1.807) is 0 Å². The highest BCUT2D eigenvalue weighted by Crippen LogP contribution is 2.47. The second-order valence-electron chi connectivity index (χ2n) is 6.25. The van der Waals surface area contributed by atoms with Crippen LogP contribution >= 0.6 is 0 Å². The number of hydrogen-bond donors (Lipinski definition) is 0. The fourth-order valence-corrected chi connectivity index (χ4v) is 3.47. The number of fused-ring (bicyclic) bond motifs is 6. The van der Waals surface area contributed by atoms with Crippen LogP contribution < -0.4 is 0 Å². The molecule has 0 aromatic heterocycles. The zero-order valence-electron chi connectivity index (χ0n) is 12.1. The maximum atomic E-state index is 4.77. The van der Waals surface area contributed by atoms with Crippen LogP contribution in [0, 0.1) is 6.92 Å². The molecule has 3 aromatic carbocycles. The second-order valence-corrected chi connectivity index (χ2v) is 6.25. The number of aryl methyl sites for hydroxylation is 1. The number of nitrogens with zero attached hydrogens (tertiary/aromatic N) is 1. The highest BCUT2D eigenvalue weighted by Gasteiger charge is 2.30. The molecule has 0 bridgehead atoms. The summed E-state index contributed by atoms with van der Waals surface area (Å²) in [6.07, 6.45) is 2.09. The summed E-state index contributed by atoms with van der Waals surface area (Å²) in [5.74, 6) is 0. The predicted molar refractivity (Wildman–Crippen MR) is 87.4 cm³/mol. The molecule has 0 N–H and O–H groups in total. The average Bonchev–Trinajstić information content (AvgIpc) is 2.75. The quantitative estimate of drug-likeness (QED) is 0.486. The van der Waals surface area contributed by atoms with Gasteiger partial charge < -0.3 is 0 Å². The van der Waals surface area contributed by atoms with Crippen molar-refractivity contribution in [3.05, 3.63) is 53.6 Å². The second kappa shape index (κ2) is 3.69. The van der Waals surface area contributed by atoms with Crippen molar-refractivity contribution in [2.75, 3.05) is 0 Å². The van der Waals surface area contributed by atoms with Gasteiger partial charge in [0.1, 0.15) is 0 Å². The monoisotopic (exact) mass is 259 g/mol. The fraction of sp³-hybridized carbons (Fsp3) is 0.211. The van der Waals surface area contributed by atoms with E-state index in [9.17, 15) is 0 Å². The number of hydrogen-bond acceptors (Lipinski definition) is 1. The molecular weight excluding hydrogens is 242 g/mol. The van der Waals surface area contributed by atoms with Crippen LogP contribution in [0.5, 0.6) is 0 Å². The Balaban J connectivity index is 2.37. The molecule has 4 rings (SSSR count). The maximum absolute atomic E-state index is 4.77. The van der Waals surface area contributed by atoms with Crippen molar-refractivity contribution in [3.8, 4) is 0 Å². The van der Waals surface area contributed by atoms with Gasteiger partial charge in [-0.1, -0.05) is 56.3 Å². The lowest BCUT2D eigenvalue weighted by molar-refractivity contribution is 0.761. The third-order valence-corrected chi connectivity index (χ3v) is 4.39. The van der Waals surface area contributed by atoms with E-state index in [-0.39, 0.29) is 5.41 Å². The van der Waals surface area contributed by atoms with Gasteiger partial charge in [0.15, 0.2) is 0 Å². The van der Waals surface area contributed by atoms with E-state index in [1.165, 1.54) is 38.4 Å². The van der Waals surface area contributed by atoms with Gasteiger partial charge in [0.25, 0.3) is 0 Å². The SMILES string of the molecule is Cc1cccc2c1c1c(c3ccccc32)C(C)(C)C=N1. The minimum Gasteiger partial charge on any atom is -0.259 e. The Bertz CT molecular complexity index is 885. The van der Waals surface area contributed by atoms with Crippen LogP contribution in [0.2, 0.25) is 0 Å². The smallest absolute Gasteiger partial charge is 0.0754 e. The van der Waals surface area contributed by atoms with Crippen molar-refractivity contribution in [3.63, 3.8) is 0 Å². The van der Waals surface area contributed by atoms with Crippen LogP contribution in [-0.4, -0.2) is 6.21 Å². The van der Waals surface area contributed by atoms with Gasteiger partial charge in [-0.15, -0.1) is 0 Å². The fourth-order valence-electron chi connectivity index (χ4n) is 3.47. The molecule has 0 radical (unpaired) electrons. The lowest BCUT2D eigenvalue weighted by Gasteiger charge is -2.20. The summed E-state index contributed by atoms with van der Waals surface area (Å²) in [5, 5.41) is 5.30. The third-order valence-electron chi connectivity index (χ3n) is 4.39. The first kappa shape index (κ1) is 11.7. The summed E-state index contributed by atoms with van der Waals surface area (Å²) in [4.78, 5) is 4.77. The van der Waals surface area contributed by atoms with Gasteiger partial charge in [-0.3, -0.25) is 4.99 Å². The number of aliphatic imine (C=N–C) groups is 1. The molecule has 98 valence electrons. The molecule has 0 saturated heterocycles. The highest BCUT2D eigenvalue weighted by atomic mass is 14.8. The minimum atomic E-state index is 0.00537. The van der Waals surface area contributed by atoms with Crippen LogP contribution in [-0.2, 0) is 5.41 Å².